The number of rotatable bonds is 13. The number of aliphatic carboxylic acids is 1. The summed E-state index contributed by atoms with van der Waals surface area (Å²) in [5.74, 6) is -3.41. The fourth-order valence-electron chi connectivity index (χ4n) is 16.3. The third kappa shape index (κ3) is 10.1. The highest BCUT2D eigenvalue weighted by atomic mass is 16.8. The van der Waals surface area contributed by atoms with Crippen molar-refractivity contribution in [1.82, 2.24) is 0 Å². The van der Waals surface area contributed by atoms with Crippen LogP contribution in [0.2, 0.25) is 0 Å². The number of fused-ring (bicyclic) bond motifs is 7. The SMILES string of the molecule is C/C=C(/C)C(=O)O[C@H]1[C@H](OC(=O)/C(C)=C\C)[C@]2(CO)[C@H](O)C[C@]3(C)C(=CC[C@@H]4[C@@]5(C)CC[C@H](O[C@@H]6O[C@H](C(=O)O)[C@@H](O)[C@H](O[C@@H]7O[C@@H](C)[C@H](O)[C@@H](O)[C@H]7O)[C@H]6O[C@@H]6O[C@H](CO)[C@H](O)[C@H](O)[C@H]6O)C(C)(C)[C@H]5CC[C@]43C)[C@@H]2CC1(C)C. The first kappa shape index (κ1) is 63.0. The molecule has 0 unspecified atom stereocenters. The third-order valence-electron chi connectivity index (χ3n) is 21.6. The van der Waals surface area contributed by atoms with Crippen LogP contribution in [0.15, 0.2) is 34.9 Å². The summed E-state index contributed by atoms with van der Waals surface area (Å²) in [7, 11) is 0. The van der Waals surface area contributed by atoms with E-state index in [0.717, 1.165) is 5.57 Å². The standard InChI is InChI=1S/C58H90O22/c1-13-25(3)48(71)79-45-46(80-49(72)26(4)14-2)58(24-60)29(21-53(45,6)7)28-15-16-32-55(10)19-18-34(54(8,9)31(55)17-20-56(32,11)57(28,12)22-33(58)61)75-52-44(78-51-40(67)38(65)36(63)30(23-59)74-51)42(41(68)43(77-52)47(69)70)76-50-39(66)37(64)35(62)27(5)73-50/h13-15,27,29-46,50-52,59-68H,16-24H2,1-12H3,(H,69,70)/b25-13-,26-14-/t27-,29-,30+,31+,32+,33+,34-,35-,36-,37+,38-,39+,40+,41-,42-,43-,44+,45-,46-,50-,51-,52+,55-,56+,57+,58-/m0/s1. The lowest BCUT2D eigenvalue weighted by Crippen LogP contribution is -2.72. The number of hydrogen-bond acceptors (Lipinski definition) is 21. The van der Waals surface area contributed by atoms with Gasteiger partial charge in [0.05, 0.1) is 36.9 Å². The molecule has 0 aromatic rings. The molecule has 80 heavy (non-hydrogen) atoms. The summed E-state index contributed by atoms with van der Waals surface area (Å²) in [6.07, 6.45) is -21.9. The minimum atomic E-state index is -2.11. The quantitative estimate of drug-likeness (QED) is 0.0541. The Morgan fingerprint density at radius 3 is 1.81 bits per heavy atom. The van der Waals surface area contributed by atoms with Gasteiger partial charge in [-0.05, 0) is 119 Å². The Hall–Kier alpha value is -3.01. The maximum Gasteiger partial charge on any atom is 0.335 e. The van der Waals surface area contributed by atoms with Crippen LogP contribution in [-0.4, -0.2) is 204 Å². The molecular weight excluding hydrogens is 1050 g/mol. The number of aliphatic hydroxyl groups excluding tert-OH is 10. The highest BCUT2D eigenvalue weighted by Gasteiger charge is 2.74. The van der Waals surface area contributed by atoms with Gasteiger partial charge in [-0.25, -0.2) is 14.4 Å². The van der Waals surface area contributed by atoms with E-state index in [9.17, 15) is 70.6 Å². The zero-order chi connectivity index (χ0) is 59.3. The number of hydrogen-bond donors (Lipinski definition) is 11. The van der Waals surface area contributed by atoms with Crippen molar-refractivity contribution in [2.45, 2.75) is 245 Å². The van der Waals surface area contributed by atoms with Crippen LogP contribution in [0.3, 0.4) is 0 Å². The molecule has 22 nitrogen and oxygen atoms in total. The molecule has 3 saturated heterocycles. The normalized spacial score (nSPS) is 49.2. The molecule has 0 aromatic heterocycles. The second-order valence-electron chi connectivity index (χ2n) is 26.4. The summed E-state index contributed by atoms with van der Waals surface area (Å²) in [4.78, 5) is 40.4. The van der Waals surface area contributed by atoms with Gasteiger partial charge in [0.2, 0.25) is 0 Å². The van der Waals surface area contributed by atoms with E-state index in [2.05, 4.69) is 40.7 Å². The molecule has 22 heteroatoms. The minimum Gasteiger partial charge on any atom is -0.479 e. The fraction of sp³-hybridized carbons (Fsp3) is 0.845. The highest BCUT2D eigenvalue weighted by molar-refractivity contribution is 5.89. The van der Waals surface area contributed by atoms with Gasteiger partial charge in [-0.1, -0.05) is 72.3 Å². The largest absolute Gasteiger partial charge is 0.479 e. The summed E-state index contributed by atoms with van der Waals surface area (Å²) >= 11 is 0. The van der Waals surface area contributed by atoms with Gasteiger partial charge >= 0.3 is 17.9 Å². The molecule has 4 saturated carbocycles. The lowest BCUT2D eigenvalue weighted by Gasteiger charge is -2.72. The molecule has 8 aliphatic rings. The van der Waals surface area contributed by atoms with Gasteiger partial charge < -0.3 is 94.1 Å². The lowest BCUT2D eigenvalue weighted by atomic mass is 9.33. The molecule has 0 radical (unpaired) electrons. The molecule has 454 valence electrons. The van der Waals surface area contributed by atoms with Gasteiger partial charge in [0.15, 0.2) is 31.1 Å². The number of carboxylic acid groups (broad SMARTS) is 1. The predicted molar refractivity (Wildman–Crippen MR) is 280 cm³/mol. The van der Waals surface area contributed by atoms with Crippen LogP contribution in [0, 0.1) is 50.2 Å². The fourth-order valence-corrected chi connectivity index (χ4v) is 16.3. The van der Waals surface area contributed by atoms with Gasteiger partial charge in [-0.15, -0.1) is 0 Å². The molecular formula is C58H90O22. The van der Waals surface area contributed by atoms with Gasteiger partial charge in [0.25, 0.3) is 0 Å². The first-order chi connectivity index (χ1) is 37.3. The first-order valence-corrected chi connectivity index (χ1v) is 28.5. The number of carbonyl (C=O) groups is 3. The van der Waals surface area contributed by atoms with Crippen molar-refractivity contribution in [2.24, 2.45) is 50.2 Å². The Bertz CT molecular complexity index is 2390. The van der Waals surface area contributed by atoms with Crippen molar-refractivity contribution in [3.05, 3.63) is 34.9 Å². The van der Waals surface area contributed by atoms with Gasteiger partial charge in [0.1, 0.15) is 67.1 Å². The number of ether oxygens (including phenoxy) is 8. The molecule has 0 aromatic carbocycles. The summed E-state index contributed by atoms with van der Waals surface area (Å²) in [6.45, 7) is 21.6. The van der Waals surface area contributed by atoms with Gasteiger partial charge in [-0.3, -0.25) is 0 Å². The number of esters is 2. The Kier molecular flexibility index (Phi) is 17.9. The number of carboxylic acids is 1. The van der Waals surface area contributed by atoms with Crippen LogP contribution in [0.4, 0.5) is 0 Å². The molecule has 0 spiro atoms. The second-order valence-corrected chi connectivity index (χ2v) is 26.4. The first-order valence-electron chi connectivity index (χ1n) is 28.5. The van der Waals surface area contributed by atoms with Crippen LogP contribution in [0.25, 0.3) is 0 Å². The van der Waals surface area contributed by atoms with Gasteiger partial charge in [-0.2, -0.15) is 0 Å². The summed E-state index contributed by atoms with van der Waals surface area (Å²) < 4.78 is 49.5. The third-order valence-corrected chi connectivity index (χ3v) is 21.6. The van der Waals surface area contributed by atoms with Crippen LogP contribution in [0.1, 0.15) is 128 Å². The predicted octanol–water partition coefficient (Wildman–Crippen LogP) is 1.68. The van der Waals surface area contributed by atoms with E-state index in [-0.39, 0.29) is 18.3 Å². The van der Waals surface area contributed by atoms with Crippen LogP contribution < -0.4 is 0 Å². The average Bonchev–Trinajstić information content (AvgIpc) is 1.97. The molecule has 0 amide bonds. The highest BCUT2D eigenvalue weighted by Crippen LogP contribution is 2.76. The van der Waals surface area contributed by atoms with E-state index in [0.29, 0.717) is 49.7 Å². The summed E-state index contributed by atoms with van der Waals surface area (Å²) in [5, 5.41) is 122. The molecule has 5 aliphatic carbocycles. The van der Waals surface area contributed by atoms with Crippen LogP contribution in [-0.2, 0) is 52.3 Å². The number of carbonyl (C=O) groups excluding carboxylic acids is 2. The molecule has 11 N–H and O–H groups in total. The molecule has 7 fully saturated rings. The minimum absolute atomic E-state index is 0.0207. The zero-order valence-electron chi connectivity index (χ0n) is 48.2. The molecule has 26 atom stereocenters. The van der Waals surface area contributed by atoms with E-state index in [1.165, 1.54) is 6.92 Å². The van der Waals surface area contributed by atoms with E-state index in [1.807, 2.05) is 13.8 Å². The zero-order valence-corrected chi connectivity index (χ0v) is 48.2. The lowest BCUT2D eigenvalue weighted by molar-refractivity contribution is -0.395. The monoisotopic (exact) mass is 1140 g/mol. The van der Waals surface area contributed by atoms with E-state index in [4.69, 9.17) is 37.9 Å². The summed E-state index contributed by atoms with van der Waals surface area (Å²) in [5.41, 5.74) is -2.72. The molecule has 0 bridgehead atoms. The maximum atomic E-state index is 13.8. The van der Waals surface area contributed by atoms with Crippen molar-refractivity contribution in [1.29, 1.82) is 0 Å². The van der Waals surface area contributed by atoms with Gasteiger partial charge in [0, 0.05) is 16.6 Å². The Morgan fingerprint density at radius 1 is 0.662 bits per heavy atom. The summed E-state index contributed by atoms with van der Waals surface area (Å²) in [6, 6.07) is 0. The molecule has 3 aliphatic heterocycles. The van der Waals surface area contributed by atoms with Crippen molar-refractivity contribution in [2.75, 3.05) is 13.2 Å². The van der Waals surface area contributed by atoms with E-state index in [1.54, 1.807) is 39.8 Å². The number of aliphatic hydroxyl groups is 10. The number of allylic oxidation sites excluding steroid dienone is 4. The smallest absolute Gasteiger partial charge is 0.335 e. The van der Waals surface area contributed by atoms with E-state index >= 15 is 0 Å². The van der Waals surface area contributed by atoms with Crippen molar-refractivity contribution in [3.8, 4) is 0 Å². The Labute approximate surface area is 468 Å². The van der Waals surface area contributed by atoms with Crippen molar-refractivity contribution >= 4 is 17.9 Å². The molecule has 3 heterocycles. The maximum absolute atomic E-state index is 13.8. The van der Waals surface area contributed by atoms with E-state index < -0.39 is 186 Å². The van der Waals surface area contributed by atoms with Crippen molar-refractivity contribution < 1.29 is 108 Å². The molecule has 8 rings (SSSR count). The van der Waals surface area contributed by atoms with Crippen molar-refractivity contribution in [3.63, 3.8) is 0 Å². The Balaban J connectivity index is 1.13. The topological polar surface area (TPSA) is 348 Å². The Morgan fingerprint density at radius 2 is 1.24 bits per heavy atom. The van der Waals surface area contributed by atoms with Crippen LogP contribution in [0.5, 0.6) is 0 Å². The second kappa shape index (κ2) is 22.8. The van der Waals surface area contributed by atoms with Crippen LogP contribution >= 0.6 is 0 Å². The average molecular weight is 1140 g/mol.